The molecule has 1 aromatic heterocycles. The van der Waals surface area contributed by atoms with Gasteiger partial charge in [0.05, 0.1) is 14.5 Å². The van der Waals surface area contributed by atoms with Crippen LogP contribution >= 0.6 is 46.1 Å². The fourth-order valence-corrected chi connectivity index (χ4v) is 5.96. The molecule has 1 saturated heterocycles. The van der Waals surface area contributed by atoms with Gasteiger partial charge in [-0.15, -0.1) is 11.8 Å². The molecule has 3 rings (SSSR count). The number of thioether (sulfide) groups is 2. The van der Waals surface area contributed by atoms with Gasteiger partial charge in [-0.3, -0.25) is 0 Å². The summed E-state index contributed by atoms with van der Waals surface area (Å²) >= 11 is 6.45. The van der Waals surface area contributed by atoms with Crippen LogP contribution in [0.2, 0.25) is 0 Å². The van der Waals surface area contributed by atoms with E-state index in [1.54, 1.807) is 0 Å². The highest BCUT2D eigenvalue weighted by atomic mass is 127. The second-order valence-corrected chi connectivity index (χ2v) is 8.83. The van der Waals surface area contributed by atoms with Crippen molar-refractivity contribution in [2.45, 2.75) is 36.2 Å². The van der Waals surface area contributed by atoms with Crippen molar-refractivity contribution in [3.05, 3.63) is 15.1 Å². The highest BCUT2D eigenvalue weighted by molar-refractivity contribution is 14.1. The minimum atomic E-state index is 0.445. The molecule has 2 heterocycles. The number of rotatable bonds is 3. The van der Waals surface area contributed by atoms with E-state index in [0.29, 0.717) is 16.4 Å². The number of hydrogen-bond acceptors (Lipinski definition) is 5. The molecule has 0 bridgehead atoms. The van der Waals surface area contributed by atoms with E-state index in [9.17, 15) is 0 Å². The van der Waals surface area contributed by atoms with E-state index in [-0.39, 0.29) is 0 Å². The van der Waals surface area contributed by atoms with Gasteiger partial charge in [-0.1, -0.05) is 6.92 Å². The van der Waals surface area contributed by atoms with E-state index in [1.807, 2.05) is 30.6 Å². The zero-order valence-electron chi connectivity index (χ0n) is 11.1. The maximum Gasteiger partial charge on any atom is 0.145 e. The minimum absolute atomic E-state index is 0.445. The van der Waals surface area contributed by atoms with Crippen LogP contribution in [0.1, 0.15) is 42.5 Å². The van der Waals surface area contributed by atoms with Crippen LogP contribution < -0.4 is 5.32 Å². The van der Waals surface area contributed by atoms with Crippen molar-refractivity contribution in [3.8, 4) is 0 Å². The predicted octanol–water partition coefficient (Wildman–Crippen LogP) is 3.91. The Hall–Kier alpha value is 0.310. The van der Waals surface area contributed by atoms with E-state index in [1.165, 1.54) is 33.6 Å². The van der Waals surface area contributed by atoms with Gasteiger partial charge in [-0.2, -0.15) is 11.8 Å². The third-order valence-electron chi connectivity index (χ3n) is 3.54. The van der Waals surface area contributed by atoms with Crippen molar-refractivity contribution < 1.29 is 0 Å². The lowest BCUT2D eigenvalue weighted by Gasteiger charge is -2.27. The van der Waals surface area contributed by atoms with E-state index in [0.717, 1.165) is 11.6 Å². The lowest BCUT2D eigenvalue weighted by atomic mass is 10.2. The fourth-order valence-electron chi connectivity index (χ4n) is 2.32. The van der Waals surface area contributed by atoms with Gasteiger partial charge >= 0.3 is 0 Å². The molecular weight excluding hydrogens is 389 g/mol. The van der Waals surface area contributed by atoms with Gasteiger partial charge in [0.15, 0.2) is 0 Å². The normalized spacial score (nSPS) is 27.3. The minimum Gasteiger partial charge on any atom is -0.372 e. The second kappa shape index (κ2) is 5.97. The molecule has 0 radical (unpaired) electrons. The molecule has 3 nitrogen and oxygen atoms in total. The molecule has 2 fully saturated rings. The summed E-state index contributed by atoms with van der Waals surface area (Å²) in [4.78, 5) is 9.70. The average Bonchev–Trinajstić information content (AvgIpc) is 3.24. The van der Waals surface area contributed by atoms with Gasteiger partial charge < -0.3 is 5.32 Å². The number of nitrogens with zero attached hydrogens (tertiary/aromatic N) is 2. The van der Waals surface area contributed by atoms with Crippen LogP contribution in [-0.2, 0) is 0 Å². The van der Waals surface area contributed by atoms with Crippen LogP contribution in [0, 0.1) is 3.57 Å². The average molecular weight is 407 g/mol. The zero-order valence-corrected chi connectivity index (χ0v) is 14.9. The van der Waals surface area contributed by atoms with E-state index in [2.05, 4.69) is 34.8 Å². The summed E-state index contributed by atoms with van der Waals surface area (Å²) in [6, 6.07) is 0. The van der Waals surface area contributed by atoms with Crippen molar-refractivity contribution in [1.29, 1.82) is 0 Å². The molecule has 2 atom stereocenters. The maximum atomic E-state index is 4.92. The second-order valence-electron chi connectivity index (χ2n) is 5.02. The molecule has 0 aromatic carbocycles. The Kier molecular flexibility index (Phi) is 4.48. The van der Waals surface area contributed by atoms with Crippen LogP contribution in [0.4, 0.5) is 5.82 Å². The molecule has 1 N–H and O–H groups in total. The first-order chi connectivity index (χ1) is 9.20. The van der Waals surface area contributed by atoms with Crippen molar-refractivity contribution in [2.24, 2.45) is 0 Å². The zero-order chi connectivity index (χ0) is 13.4. The predicted molar refractivity (Wildman–Crippen MR) is 93.4 cm³/mol. The van der Waals surface area contributed by atoms with E-state index in [4.69, 9.17) is 9.97 Å². The molecule has 1 aliphatic heterocycles. The molecule has 104 valence electrons. The topological polar surface area (TPSA) is 37.8 Å². The quantitative estimate of drug-likeness (QED) is 0.770. The maximum absolute atomic E-state index is 4.92. The van der Waals surface area contributed by atoms with Crippen LogP contribution in [0.15, 0.2) is 0 Å². The van der Waals surface area contributed by atoms with E-state index >= 15 is 0 Å². The van der Waals surface area contributed by atoms with Crippen molar-refractivity contribution in [3.63, 3.8) is 0 Å². The summed E-state index contributed by atoms with van der Waals surface area (Å²) in [6.07, 6.45) is 2.58. The number of aromatic nitrogens is 2. The fraction of sp³-hybridized carbons (Fsp3) is 0.692. The number of hydrogen-bond donors (Lipinski definition) is 1. The summed E-state index contributed by atoms with van der Waals surface area (Å²) < 4.78 is 1.22. The third kappa shape index (κ3) is 3.00. The third-order valence-corrected chi connectivity index (χ3v) is 7.69. The van der Waals surface area contributed by atoms with Gasteiger partial charge in [-0.05, 0) is 35.4 Å². The van der Waals surface area contributed by atoms with Crippen LogP contribution in [0.5, 0.6) is 0 Å². The molecule has 0 amide bonds. The first-order valence-corrected chi connectivity index (χ1v) is 9.86. The lowest BCUT2D eigenvalue weighted by Crippen LogP contribution is -2.20. The largest absolute Gasteiger partial charge is 0.372 e. The van der Waals surface area contributed by atoms with Crippen molar-refractivity contribution in [2.75, 3.05) is 23.9 Å². The Labute approximate surface area is 136 Å². The highest BCUT2D eigenvalue weighted by Crippen LogP contribution is 2.45. The first-order valence-electron chi connectivity index (χ1n) is 6.69. The Balaban J connectivity index is 1.98. The molecule has 1 saturated carbocycles. The first kappa shape index (κ1) is 14.3. The van der Waals surface area contributed by atoms with Crippen LogP contribution in [0.25, 0.3) is 0 Å². The summed E-state index contributed by atoms with van der Waals surface area (Å²) in [5, 5.41) is 4.29. The molecule has 2 unspecified atom stereocenters. The summed E-state index contributed by atoms with van der Waals surface area (Å²) in [7, 11) is 1.96. The van der Waals surface area contributed by atoms with Gasteiger partial charge in [-0.25, -0.2) is 9.97 Å². The number of nitrogens with one attached hydrogen (secondary N) is 1. The van der Waals surface area contributed by atoms with Crippen molar-refractivity contribution >= 4 is 51.9 Å². The van der Waals surface area contributed by atoms with E-state index < -0.39 is 0 Å². The Morgan fingerprint density at radius 1 is 1.21 bits per heavy atom. The standard InChI is InChI=1S/C13H18IN3S2/c1-7-11(19-6-5-18-7)13-16-10(8-3-4-8)9(14)12(15-2)17-13/h7-8,11H,3-6H2,1-2H3,(H,15,16,17). The van der Waals surface area contributed by atoms with Gasteiger partial charge in [0.25, 0.3) is 0 Å². The Bertz CT molecular complexity index is 479. The molecular formula is C13H18IN3S2. The molecule has 1 aromatic rings. The highest BCUT2D eigenvalue weighted by Gasteiger charge is 2.32. The lowest BCUT2D eigenvalue weighted by molar-refractivity contribution is 0.799. The Morgan fingerprint density at radius 3 is 2.58 bits per heavy atom. The molecule has 0 spiro atoms. The van der Waals surface area contributed by atoms with Crippen LogP contribution in [-0.4, -0.2) is 33.8 Å². The van der Waals surface area contributed by atoms with Gasteiger partial charge in [0, 0.05) is 29.7 Å². The molecule has 6 heteroatoms. The molecule has 1 aliphatic carbocycles. The van der Waals surface area contributed by atoms with Crippen LogP contribution in [0.3, 0.4) is 0 Å². The monoisotopic (exact) mass is 407 g/mol. The number of anilines is 1. The summed E-state index contributed by atoms with van der Waals surface area (Å²) in [6.45, 7) is 2.30. The van der Waals surface area contributed by atoms with Crippen molar-refractivity contribution in [1.82, 2.24) is 9.97 Å². The Morgan fingerprint density at radius 2 is 1.95 bits per heavy atom. The SMILES string of the molecule is CNc1nc(C2SCCSC2C)nc(C2CC2)c1I. The summed E-state index contributed by atoms with van der Waals surface area (Å²) in [5.41, 5.74) is 1.28. The summed E-state index contributed by atoms with van der Waals surface area (Å²) in [5.74, 6) is 5.19. The number of halogens is 1. The van der Waals surface area contributed by atoms with Gasteiger partial charge in [0.2, 0.25) is 0 Å². The molecule has 19 heavy (non-hydrogen) atoms. The van der Waals surface area contributed by atoms with Gasteiger partial charge in [0.1, 0.15) is 11.6 Å². The molecule has 2 aliphatic rings. The smallest absolute Gasteiger partial charge is 0.145 e.